The first-order valence-electron chi connectivity index (χ1n) is 4.60. The van der Waals surface area contributed by atoms with Crippen molar-refractivity contribution in [3.63, 3.8) is 0 Å². The van der Waals surface area contributed by atoms with E-state index in [1.165, 1.54) is 11.6 Å². The molecule has 0 atom stereocenters. The highest BCUT2D eigenvalue weighted by atomic mass is 14.2. The van der Waals surface area contributed by atoms with Crippen LogP contribution in [-0.2, 0) is 0 Å². The van der Waals surface area contributed by atoms with Crippen molar-refractivity contribution < 1.29 is 0 Å². The minimum absolute atomic E-state index is 0.865. The number of hydrogen-bond acceptors (Lipinski definition) is 1. The van der Waals surface area contributed by atoms with Crippen molar-refractivity contribution in [2.75, 3.05) is 0 Å². The second-order valence-corrected chi connectivity index (χ2v) is 2.80. The van der Waals surface area contributed by atoms with Gasteiger partial charge in [0, 0.05) is 6.08 Å². The van der Waals surface area contributed by atoms with Gasteiger partial charge in [0.05, 0.1) is 6.07 Å². The molecule has 1 heteroatoms. The molecule has 0 spiro atoms. The van der Waals surface area contributed by atoms with Crippen LogP contribution in [0, 0.1) is 11.3 Å². The zero-order chi connectivity index (χ0) is 11.5. The van der Waals surface area contributed by atoms with Crippen LogP contribution in [0.1, 0.15) is 12.0 Å². The summed E-state index contributed by atoms with van der Waals surface area (Å²) in [4.78, 5) is 0. The van der Waals surface area contributed by atoms with Crippen molar-refractivity contribution in [3.8, 4) is 6.07 Å². The van der Waals surface area contributed by atoms with Gasteiger partial charge in [-0.2, -0.15) is 5.26 Å². The Morgan fingerprint density at radius 1 is 1.27 bits per heavy atom. The number of hydrogen-bond donors (Lipinski definition) is 0. The van der Waals surface area contributed by atoms with Gasteiger partial charge in [0.2, 0.25) is 0 Å². The smallest absolute Gasteiger partial charge is 0.0905 e. The molecule has 0 aliphatic heterocycles. The Labute approximate surface area is 91.7 Å². The summed E-state index contributed by atoms with van der Waals surface area (Å²) in [6, 6.07) is 11.9. The molecule has 1 aromatic carbocycles. The molecule has 0 amide bonds. The maximum atomic E-state index is 7.51. The average molecular weight is 197 g/mol. The van der Waals surface area contributed by atoms with Gasteiger partial charge < -0.3 is 0 Å². The van der Waals surface area contributed by atoms with E-state index in [2.05, 4.69) is 31.9 Å². The van der Waals surface area contributed by atoms with Crippen molar-refractivity contribution in [1.29, 1.82) is 5.26 Å². The second-order valence-electron chi connectivity index (χ2n) is 2.80. The summed E-state index contributed by atoms with van der Waals surface area (Å²) in [6.45, 7) is 10.7. The van der Waals surface area contributed by atoms with Crippen LogP contribution in [0.25, 0.3) is 5.57 Å². The molecule has 0 N–H and O–H groups in total. The van der Waals surface area contributed by atoms with Gasteiger partial charge in [0.25, 0.3) is 0 Å². The lowest BCUT2D eigenvalue weighted by atomic mass is 10.1. The van der Waals surface area contributed by atoms with Crippen LogP contribution in [0.2, 0.25) is 0 Å². The predicted molar refractivity (Wildman–Crippen MR) is 66.1 cm³/mol. The van der Waals surface area contributed by atoms with E-state index in [-0.39, 0.29) is 0 Å². The Morgan fingerprint density at radius 3 is 2.20 bits per heavy atom. The number of nitriles is 1. The van der Waals surface area contributed by atoms with Gasteiger partial charge in [-0.15, -0.1) is 6.58 Å². The summed E-state index contributed by atoms with van der Waals surface area (Å²) < 4.78 is 0. The number of rotatable bonds is 3. The molecule has 76 valence electrons. The Balaban J connectivity index is 0.000000423. The summed E-state index contributed by atoms with van der Waals surface area (Å²) in [5.41, 5.74) is 2.33. The first kappa shape index (κ1) is 12.9. The topological polar surface area (TPSA) is 23.8 Å². The maximum Gasteiger partial charge on any atom is 0.0905 e. The molecule has 0 radical (unpaired) electrons. The molecule has 0 unspecified atom stereocenters. The third-order valence-electron chi connectivity index (χ3n) is 1.66. The van der Waals surface area contributed by atoms with Gasteiger partial charge in [0.1, 0.15) is 0 Å². The highest BCUT2D eigenvalue weighted by molar-refractivity contribution is 5.64. The molecule has 0 heterocycles. The van der Waals surface area contributed by atoms with Gasteiger partial charge in [-0.25, -0.2) is 0 Å². The average Bonchev–Trinajstić information content (AvgIpc) is 2.31. The second kappa shape index (κ2) is 8.52. The van der Waals surface area contributed by atoms with Crippen LogP contribution in [0.5, 0.6) is 0 Å². The first-order valence-corrected chi connectivity index (χ1v) is 4.60. The predicted octanol–water partition coefficient (Wildman–Crippen LogP) is 3.97. The van der Waals surface area contributed by atoms with Crippen LogP contribution in [0.3, 0.4) is 0 Å². The largest absolute Gasteiger partial charge is 0.193 e. The summed E-state index contributed by atoms with van der Waals surface area (Å²) in [5, 5.41) is 7.51. The Bertz CT molecular complexity index is 355. The van der Waals surface area contributed by atoms with Crippen LogP contribution in [-0.4, -0.2) is 0 Å². The summed E-state index contributed by atoms with van der Waals surface area (Å²) in [5.74, 6) is 0. The molecule has 0 aromatic heterocycles. The molecule has 0 saturated carbocycles. The first-order chi connectivity index (χ1) is 7.26. The normalized spacial score (nSPS) is 7.67. The van der Waals surface area contributed by atoms with Gasteiger partial charge >= 0.3 is 0 Å². The minimum atomic E-state index is 0.865. The van der Waals surface area contributed by atoms with Crippen molar-refractivity contribution >= 4 is 5.57 Å². The van der Waals surface area contributed by atoms with Crippen molar-refractivity contribution in [3.05, 3.63) is 67.8 Å². The lowest BCUT2D eigenvalue weighted by Crippen LogP contribution is -1.78. The molecule has 0 aliphatic carbocycles. The van der Waals surface area contributed by atoms with Crippen LogP contribution in [0.15, 0.2) is 62.2 Å². The van der Waals surface area contributed by atoms with Crippen molar-refractivity contribution in [2.24, 2.45) is 0 Å². The lowest BCUT2D eigenvalue weighted by molar-refractivity contribution is 1.41. The molecule has 1 nitrogen and oxygen atoms in total. The van der Waals surface area contributed by atoms with E-state index in [9.17, 15) is 0 Å². The molecule has 15 heavy (non-hydrogen) atoms. The monoisotopic (exact) mass is 197 g/mol. The molecule has 0 bridgehead atoms. The fourth-order valence-corrected chi connectivity index (χ4v) is 0.966. The highest BCUT2D eigenvalue weighted by Gasteiger charge is 1.92. The Hall–Kier alpha value is -2.07. The van der Waals surface area contributed by atoms with Crippen molar-refractivity contribution in [1.82, 2.24) is 0 Å². The van der Waals surface area contributed by atoms with E-state index >= 15 is 0 Å². The van der Waals surface area contributed by atoms with Gasteiger partial charge in [0.15, 0.2) is 0 Å². The van der Waals surface area contributed by atoms with E-state index in [1.54, 1.807) is 6.07 Å². The van der Waals surface area contributed by atoms with E-state index in [0.29, 0.717) is 0 Å². The summed E-state index contributed by atoms with van der Waals surface area (Å²) in [6.07, 6.45) is 3.92. The van der Waals surface area contributed by atoms with E-state index in [1.807, 2.05) is 24.3 Å². The fourth-order valence-electron chi connectivity index (χ4n) is 0.966. The summed E-state index contributed by atoms with van der Waals surface area (Å²) >= 11 is 0. The van der Waals surface area contributed by atoms with E-state index in [4.69, 9.17) is 5.26 Å². The third kappa shape index (κ3) is 6.06. The molecule has 0 fully saturated rings. The number of benzene rings is 1. The molecular formula is C14H15N. The highest BCUT2D eigenvalue weighted by Crippen LogP contribution is 2.14. The standard InChI is InChI=1S/C11H12.C3H3N/c1-3-7-10(2)11-8-5-4-6-9-11;1-2-3-4/h3-6,8-9H,1-2,7H2;2H,1H2. The maximum absolute atomic E-state index is 7.51. The number of allylic oxidation sites excluding steroid dienone is 3. The zero-order valence-corrected chi connectivity index (χ0v) is 8.82. The lowest BCUT2D eigenvalue weighted by Gasteiger charge is -2.00. The van der Waals surface area contributed by atoms with E-state index in [0.717, 1.165) is 12.0 Å². The van der Waals surface area contributed by atoms with Crippen LogP contribution >= 0.6 is 0 Å². The molecule has 1 rings (SSSR count). The fraction of sp³-hybridized carbons (Fsp3) is 0.0714. The van der Waals surface area contributed by atoms with Crippen molar-refractivity contribution in [2.45, 2.75) is 6.42 Å². The minimum Gasteiger partial charge on any atom is -0.193 e. The van der Waals surface area contributed by atoms with E-state index < -0.39 is 0 Å². The van der Waals surface area contributed by atoms with Gasteiger partial charge in [-0.1, -0.05) is 49.6 Å². The SMILES string of the molecule is C=CC#N.C=CCC(=C)c1ccccc1. The number of nitrogens with zero attached hydrogens (tertiary/aromatic N) is 1. The van der Waals surface area contributed by atoms with Crippen LogP contribution in [0.4, 0.5) is 0 Å². The molecule has 1 aromatic rings. The molecular weight excluding hydrogens is 182 g/mol. The quantitative estimate of drug-likeness (QED) is 0.531. The summed E-state index contributed by atoms with van der Waals surface area (Å²) in [7, 11) is 0. The Kier molecular flexibility index (Phi) is 7.35. The Morgan fingerprint density at radius 2 is 1.80 bits per heavy atom. The van der Waals surface area contributed by atoms with Gasteiger partial charge in [-0.05, 0) is 17.6 Å². The van der Waals surface area contributed by atoms with Gasteiger partial charge in [-0.3, -0.25) is 0 Å². The molecule has 0 saturated heterocycles. The zero-order valence-electron chi connectivity index (χ0n) is 8.82. The molecule has 0 aliphatic rings. The van der Waals surface area contributed by atoms with Crippen LogP contribution < -0.4 is 0 Å². The third-order valence-corrected chi connectivity index (χ3v) is 1.66.